The third kappa shape index (κ3) is 2.86. The molecule has 1 unspecified atom stereocenters. The van der Waals surface area contributed by atoms with Gasteiger partial charge in [0.25, 0.3) is 0 Å². The number of halogens is 2. The molecule has 154 valence electrons. The van der Waals surface area contributed by atoms with E-state index in [2.05, 4.69) is 25.6 Å². The first-order chi connectivity index (χ1) is 15.2. The normalized spacial score (nSPS) is 15.9. The monoisotopic (exact) mass is 434 g/mol. The van der Waals surface area contributed by atoms with Crippen molar-refractivity contribution in [3.05, 3.63) is 72.2 Å². The van der Waals surface area contributed by atoms with E-state index in [1.165, 1.54) is 12.1 Å². The quantitative estimate of drug-likeness (QED) is 0.393. The summed E-state index contributed by atoms with van der Waals surface area (Å²) in [5, 5.41) is 0. The fourth-order valence-electron chi connectivity index (χ4n) is 4.20. The molecule has 0 saturated carbocycles. The van der Waals surface area contributed by atoms with Gasteiger partial charge in [0.2, 0.25) is 5.95 Å². The highest BCUT2D eigenvalue weighted by molar-refractivity contribution is 6.16. The van der Waals surface area contributed by atoms with Gasteiger partial charge in [-0.05, 0) is 18.2 Å². The maximum Gasteiger partial charge on any atom is 0.237 e. The molecule has 0 N–H and O–H groups in total. The second-order valence-electron chi connectivity index (χ2n) is 7.35. The lowest BCUT2D eigenvalue weighted by atomic mass is 10.0. The standard InChI is InChI=1S/C22H16ClFN6O/c23-10-20-27-16-11-25-22(29-12-26-15-6-5-13(24)9-18(15)29)28-21(16)30(20)17-7-8-31-19-4-2-1-3-14(17)19/h1-6,9,11-12,17H,7-8,10H2. The molecule has 2 aromatic carbocycles. The fraction of sp³-hybridized carbons (Fsp3) is 0.182. The average Bonchev–Trinajstić information content (AvgIpc) is 3.39. The van der Waals surface area contributed by atoms with Gasteiger partial charge in [-0.2, -0.15) is 4.98 Å². The predicted molar refractivity (Wildman–Crippen MR) is 114 cm³/mol. The van der Waals surface area contributed by atoms with Crippen molar-refractivity contribution in [2.24, 2.45) is 0 Å². The van der Waals surface area contributed by atoms with E-state index >= 15 is 0 Å². The molecule has 1 aliphatic rings. The maximum atomic E-state index is 13.8. The van der Waals surface area contributed by atoms with Crippen LogP contribution < -0.4 is 4.74 Å². The minimum atomic E-state index is -0.344. The third-order valence-corrected chi connectivity index (χ3v) is 5.81. The molecular formula is C22H16ClFN6O. The molecule has 1 aliphatic heterocycles. The highest BCUT2D eigenvalue weighted by Crippen LogP contribution is 2.37. The molecule has 0 radical (unpaired) electrons. The lowest BCUT2D eigenvalue weighted by Gasteiger charge is -2.28. The van der Waals surface area contributed by atoms with Crippen LogP contribution in [-0.2, 0) is 5.88 Å². The Morgan fingerprint density at radius 1 is 1.10 bits per heavy atom. The van der Waals surface area contributed by atoms with Gasteiger partial charge < -0.3 is 9.30 Å². The number of alkyl halides is 1. The summed E-state index contributed by atoms with van der Waals surface area (Å²) < 4.78 is 23.4. The van der Waals surface area contributed by atoms with Crippen molar-refractivity contribution in [2.75, 3.05) is 6.61 Å². The minimum absolute atomic E-state index is 0.0107. The van der Waals surface area contributed by atoms with Crippen LogP contribution in [0.2, 0.25) is 0 Å². The number of hydrogen-bond acceptors (Lipinski definition) is 5. The van der Waals surface area contributed by atoms with E-state index in [-0.39, 0.29) is 17.7 Å². The van der Waals surface area contributed by atoms with Crippen LogP contribution in [0.1, 0.15) is 23.9 Å². The summed E-state index contributed by atoms with van der Waals surface area (Å²) in [7, 11) is 0. The third-order valence-electron chi connectivity index (χ3n) is 5.58. The average molecular weight is 435 g/mol. The van der Waals surface area contributed by atoms with Crippen LogP contribution in [0.15, 0.2) is 55.0 Å². The topological polar surface area (TPSA) is 70.7 Å². The molecule has 4 heterocycles. The predicted octanol–water partition coefficient (Wildman–Crippen LogP) is 4.42. The van der Waals surface area contributed by atoms with Crippen LogP contribution in [0.25, 0.3) is 28.1 Å². The molecule has 1 atom stereocenters. The number of ether oxygens (including phenoxy) is 1. The van der Waals surface area contributed by atoms with E-state index < -0.39 is 0 Å². The number of nitrogens with zero attached hydrogens (tertiary/aromatic N) is 6. The fourth-order valence-corrected chi connectivity index (χ4v) is 4.39. The van der Waals surface area contributed by atoms with Gasteiger partial charge in [0, 0.05) is 18.1 Å². The number of fused-ring (bicyclic) bond motifs is 3. The zero-order chi connectivity index (χ0) is 20.9. The van der Waals surface area contributed by atoms with Crippen LogP contribution in [0.5, 0.6) is 5.75 Å². The number of hydrogen-bond donors (Lipinski definition) is 0. The van der Waals surface area contributed by atoms with Crippen LogP contribution >= 0.6 is 11.6 Å². The summed E-state index contributed by atoms with van der Waals surface area (Å²) in [6.45, 7) is 0.590. The van der Waals surface area contributed by atoms with Gasteiger partial charge >= 0.3 is 0 Å². The first kappa shape index (κ1) is 18.3. The molecule has 31 heavy (non-hydrogen) atoms. The van der Waals surface area contributed by atoms with Crippen LogP contribution in [-0.4, -0.2) is 35.7 Å². The van der Waals surface area contributed by atoms with Gasteiger partial charge in [-0.25, -0.2) is 19.3 Å². The van der Waals surface area contributed by atoms with E-state index in [0.29, 0.717) is 40.6 Å². The van der Waals surface area contributed by atoms with Gasteiger partial charge in [-0.1, -0.05) is 18.2 Å². The number of rotatable bonds is 3. The Labute approximate surface area is 181 Å². The smallest absolute Gasteiger partial charge is 0.237 e. The zero-order valence-electron chi connectivity index (χ0n) is 16.2. The largest absolute Gasteiger partial charge is 0.493 e. The molecule has 9 heteroatoms. The molecule has 6 rings (SSSR count). The Balaban J connectivity index is 1.57. The van der Waals surface area contributed by atoms with E-state index in [4.69, 9.17) is 21.3 Å². The highest BCUT2D eigenvalue weighted by Gasteiger charge is 2.27. The van der Waals surface area contributed by atoms with Crippen molar-refractivity contribution < 1.29 is 9.13 Å². The first-order valence-corrected chi connectivity index (χ1v) is 10.4. The van der Waals surface area contributed by atoms with Crippen LogP contribution in [0.3, 0.4) is 0 Å². The molecule has 0 amide bonds. The second kappa shape index (κ2) is 7.02. The summed E-state index contributed by atoms with van der Waals surface area (Å²) in [4.78, 5) is 18.3. The van der Waals surface area contributed by atoms with Crippen molar-refractivity contribution in [1.82, 2.24) is 29.1 Å². The molecule has 5 aromatic rings. The number of aromatic nitrogens is 6. The number of imidazole rings is 2. The van der Waals surface area contributed by atoms with Crippen molar-refractivity contribution >= 4 is 33.8 Å². The van der Waals surface area contributed by atoms with Crippen LogP contribution in [0, 0.1) is 5.82 Å². The van der Waals surface area contributed by atoms with Crippen molar-refractivity contribution in [2.45, 2.75) is 18.3 Å². The summed E-state index contributed by atoms with van der Waals surface area (Å²) in [6, 6.07) is 12.4. The Bertz CT molecular complexity index is 1450. The van der Waals surface area contributed by atoms with Crippen molar-refractivity contribution in [3.63, 3.8) is 0 Å². The minimum Gasteiger partial charge on any atom is -0.493 e. The van der Waals surface area contributed by atoms with E-state index in [0.717, 1.165) is 17.7 Å². The van der Waals surface area contributed by atoms with Crippen molar-refractivity contribution in [3.8, 4) is 11.7 Å². The second-order valence-corrected chi connectivity index (χ2v) is 7.62. The molecule has 0 bridgehead atoms. The Morgan fingerprint density at radius 3 is 2.90 bits per heavy atom. The highest BCUT2D eigenvalue weighted by atomic mass is 35.5. The van der Waals surface area contributed by atoms with Gasteiger partial charge in [-0.3, -0.25) is 4.57 Å². The lowest BCUT2D eigenvalue weighted by Crippen LogP contribution is -2.22. The summed E-state index contributed by atoms with van der Waals surface area (Å²) in [5.41, 5.74) is 3.65. The van der Waals surface area contributed by atoms with Crippen LogP contribution in [0.4, 0.5) is 4.39 Å². The van der Waals surface area contributed by atoms with E-state index in [1.54, 1.807) is 23.2 Å². The van der Waals surface area contributed by atoms with E-state index in [1.807, 2.05) is 18.2 Å². The summed E-state index contributed by atoms with van der Waals surface area (Å²) in [5.74, 6) is 1.86. The van der Waals surface area contributed by atoms with Gasteiger partial charge in [0.1, 0.15) is 29.2 Å². The number of benzene rings is 2. The van der Waals surface area contributed by atoms with Gasteiger partial charge in [-0.15, -0.1) is 11.6 Å². The van der Waals surface area contributed by atoms with Gasteiger partial charge in [0.05, 0.1) is 35.8 Å². The molecule has 0 aliphatic carbocycles. The van der Waals surface area contributed by atoms with E-state index in [9.17, 15) is 4.39 Å². The molecule has 3 aromatic heterocycles. The molecule has 0 spiro atoms. The molecule has 0 saturated heterocycles. The lowest BCUT2D eigenvalue weighted by molar-refractivity contribution is 0.256. The Hall–Kier alpha value is -3.52. The molecular weight excluding hydrogens is 419 g/mol. The zero-order valence-corrected chi connectivity index (χ0v) is 17.0. The summed E-state index contributed by atoms with van der Waals surface area (Å²) in [6.07, 6.45) is 4.03. The SMILES string of the molecule is Fc1ccc2ncn(-c3ncc4nc(CCl)n(C5CCOc6ccccc65)c4n3)c2c1. The summed E-state index contributed by atoms with van der Waals surface area (Å²) >= 11 is 6.27. The molecule has 0 fully saturated rings. The van der Waals surface area contributed by atoms with Gasteiger partial charge in [0.15, 0.2) is 5.65 Å². The Morgan fingerprint density at radius 2 is 2.00 bits per heavy atom. The molecule has 7 nitrogen and oxygen atoms in total. The Kier molecular flexibility index (Phi) is 4.14. The maximum absolute atomic E-state index is 13.8. The first-order valence-electron chi connectivity index (χ1n) is 9.87. The number of para-hydroxylation sites is 1. The van der Waals surface area contributed by atoms with Crippen molar-refractivity contribution in [1.29, 1.82) is 0 Å².